The summed E-state index contributed by atoms with van der Waals surface area (Å²) in [5.41, 5.74) is 0.396. The van der Waals surface area contributed by atoms with Crippen LogP contribution in [-0.2, 0) is 4.79 Å². The average Bonchev–Trinajstić information content (AvgIpc) is 2.33. The highest BCUT2D eigenvalue weighted by atomic mass is 19.1. The molecule has 0 unspecified atom stereocenters. The van der Waals surface area contributed by atoms with Crippen molar-refractivity contribution < 1.29 is 9.18 Å². The Hall–Kier alpha value is -1.89. The molecule has 0 aliphatic carbocycles. The Morgan fingerprint density at radius 2 is 2.12 bits per heavy atom. The SMILES string of the molecule is CCC(CC)C(=O)Nc1ccc(F)c(C#N)c1. The Bertz CT molecular complexity index is 447. The fourth-order valence-electron chi connectivity index (χ4n) is 1.59. The summed E-state index contributed by atoms with van der Waals surface area (Å²) < 4.78 is 13.1. The quantitative estimate of drug-likeness (QED) is 0.870. The van der Waals surface area contributed by atoms with Gasteiger partial charge >= 0.3 is 0 Å². The molecule has 1 rings (SSSR count). The second-order valence-corrected chi connectivity index (χ2v) is 3.81. The molecular formula is C13H15FN2O. The number of benzene rings is 1. The van der Waals surface area contributed by atoms with Crippen LogP contribution in [0.4, 0.5) is 10.1 Å². The molecule has 0 atom stereocenters. The van der Waals surface area contributed by atoms with Crippen LogP contribution in [0.1, 0.15) is 32.3 Å². The van der Waals surface area contributed by atoms with E-state index < -0.39 is 5.82 Å². The van der Waals surface area contributed by atoms with Crippen molar-refractivity contribution in [2.24, 2.45) is 5.92 Å². The number of rotatable bonds is 4. The number of hydrogen-bond donors (Lipinski definition) is 1. The van der Waals surface area contributed by atoms with E-state index in [2.05, 4.69) is 5.32 Å². The van der Waals surface area contributed by atoms with Crippen LogP contribution in [0.25, 0.3) is 0 Å². The van der Waals surface area contributed by atoms with Gasteiger partial charge in [-0.2, -0.15) is 5.26 Å². The zero-order chi connectivity index (χ0) is 12.8. The molecule has 0 saturated heterocycles. The minimum Gasteiger partial charge on any atom is -0.326 e. The molecule has 4 heteroatoms. The van der Waals surface area contributed by atoms with E-state index in [1.54, 1.807) is 6.07 Å². The maximum Gasteiger partial charge on any atom is 0.227 e. The molecule has 0 aromatic heterocycles. The number of nitrogens with zero attached hydrogens (tertiary/aromatic N) is 1. The van der Waals surface area contributed by atoms with Crippen LogP contribution < -0.4 is 5.32 Å². The minimum atomic E-state index is -0.576. The Morgan fingerprint density at radius 1 is 1.47 bits per heavy atom. The molecule has 90 valence electrons. The standard InChI is InChI=1S/C13H15FN2O/c1-3-9(4-2)13(17)16-11-5-6-12(14)10(7-11)8-15/h5-7,9H,3-4H2,1-2H3,(H,16,17). The summed E-state index contributed by atoms with van der Waals surface area (Å²) >= 11 is 0. The van der Waals surface area contributed by atoms with Gasteiger partial charge in [0.15, 0.2) is 0 Å². The summed E-state index contributed by atoms with van der Waals surface area (Å²) in [5, 5.41) is 11.4. The van der Waals surface area contributed by atoms with Crippen molar-refractivity contribution in [2.45, 2.75) is 26.7 Å². The molecule has 0 radical (unpaired) electrons. The minimum absolute atomic E-state index is 0.0504. The van der Waals surface area contributed by atoms with Crippen LogP contribution in [0.15, 0.2) is 18.2 Å². The molecule has 17 heavy (non-hydrogen) atoms. The molecular weight excluding hydrogens is 219 g/mol. The number of hydrogen-bond acceptors (Lipinski definition) is 2. The van der Waals surface area contributed by atoms with Gasteiger partial charge in [-0.15, -0.1) is 0 Å². The lowest BCUT2D eigenvalue weighted by atomic mass is 10.0. The number of amides is 1. The predicted octanol–water partition coefficient (Wildman–Crippen LogP) is 3.07. The molecule has 1 N–H and O–H groups in total. The maximum atomic E-state index is 13.1. The summed E-state index contributed by atoms with van der Waals surface area (Å²) in [6.45, 7) is 3.89. The largest absolute Gasteiger partial charge is 0.326 e. The van der Waals surface area contributed by atoms with Crippen molar-refractivity contribution in [3.05, 3.63) is 29.6 Å². The molecule has 1 aromatic rings. The molecule has 1 amide bonds. The van der Waals surface area contributed by atoms with Crippen LogP contribution in [0.3, 0.4) is 0 Å². The Morgan fingerprint density at radius 3 is 2.65 bits per heavy atom. The fraction of sp³-hybridized carbons (Fsp3) is 0.385. The first kappa shape index (κ1) is 13.2. The predicted molar refractivity (Wildman–Crippen MR) is 63.8 cm³/mol. The first-order chi connectivity index (χ1) is 8.12. The van der Waals surface area contributed by atoms with Crippen LogP contribution in [0, 0.1) is 23.1 Å². The van der Waals surface area contributed by atoms with Gasteiger partial charge in [0.2, 0.25) is 5.91 Å². The summed E-state index contributed by atoms with van der Waals surface area (Å²) in [6, 6.07) is 5.72. The summed E-state index contributed by atoms with van der Waals surface area (Å²) in [6.07, 6.45) is 1.52. The van der Waals surface area contributed by atoms with Gasteiger partial charge in [0, 0.05) is 11.6 Å². The van der Waals surface area contributed by atoms with Crippen LogP contribution in [0.5, 0.6) is 0 Å². The molecule has 0 fully saturated rings. The molecule has 3 nitrogen and oxygen atoms in total. The van der Waals surface area contributed by atoms with Crippen molar-refractivity contribution in [3.63, 3.8) is 0 Å². The zero-order valence-electron chi connectivity index (χ0n) is 9.96. The van der Waals surface area contributed by atoms with Gasteiger partial charge in [0.1, 0.15) is 11.9 Å². The average molecular weight is 234 g/mol. The van der Waals surface area contributed by atoms with Gasteiger partial charge in [0.05, 0.1) is 5.56 Å². The van der Waals surface area contributed by atoms with E-state index >= 15 is 0 Å². The van der Waals surface area contributed by atoms with E-state index in [0.717, 1.165) is 12.8 Å². The topological polar surface area (TPSA) is 52.9 Å². The summed E-state index contributed by atoms with van der Waals surface area (Å²) in [5.74, 6) is -0.718. The van der Waals surface area contributed by atoms with Crippen molar-refractivity contribution in [1.29, 1.82) is 5.26 Å². The van der Waals surface area contributed by atoms with Crippen molar-refractivity contribution in [3.8, 4) is 6.07 Å². The van der Waals surface area contributed by atoms with Gasteiger partial charge in [0.25, 0.3) is 0 Å². The van der Waals surface area contributed by atoms with Gasteiger partial charge in [-0.25, -0.2) is 4.39 Å². The Balaban J connectivity index is 2.82. The molecule has 0 heterocycles. The number of nitriles is 1. The van der Waals surface area contributed by atoms with Crippen molar-refractivity contribution in [1.82, 2.24) is 0 Å². The second-order valence-electron chi connectivity index (χ2n) is 3.81. The van der Waals surface area contributed by atoms with E-state index in [9.17, 15) is 9.18 Å². The summed E-state index contributed by atoms with van der Waals surface area (Å²) in [4.78, 5) is 11.8. The van der Waals surface area contributed by atoms with E-state index in [1.807, 2.05) is 13.8 Å². The lowest BCUT2D eigenvalue weighted by molar-refractivity contribution is -0.120. The van der Waals surface area contributed by atoms with Crippen LogP contribution in [0.2, 0.25) is 0 Å². The highest BCUT2D eigenvalue weighted by Gasteiger charge is 2.14. The molecule has 0 aliphatic rings. The highest BCUT2D eigenvalue weighted by Crippen LogP contribution is 2.16. The van der Waals surface area contributed by atoms with E-state index in [-0.39, 0.29) is 17.4 Å². The first-order valence-electron chi connectivity index (χ1n) is 5.62. The van der Waals surface area contributed by atoms with E-state index in [4.69, 9.17) is 5.26 Å². The lowest BCUT2D eigenvalue weighted by Gasteiger charge is -2.12. The molecule has 0 spiro atoms. The van der Waals surface area contributed by atoms with Gasteiger partial charge in [-0.1, -0.05) is 13.8 Å². The lowest BCUT2D eigenvalue weighted by Crippen LogP contribution is -2.21. The van der Waals surface area contributed by atoms with Crippen molar-refractivity contribution in [2.75, 3.05) is 5.32 Å². The van der Waals surface area contributed by atoms with Crippen LogP contribution >= 0.6 is 0 Å². The first-order valence-corrected chi connectivity index (χ1v) is 5.62. The third-order valence-electron chi connectivity index (χ3n) is 2.71. The highest BCUT2D eigenvalue weighted by molar-refractivity contribution is 5.92. The third-order valence-corrected chi connectivity index (χ3v) is 2.71. The summed E-state index contributed by atoms with van der Waals surface area (Å²) in [7, 11) is 0. The number of carbonyl (C=O) groups is 1. The van der Waals surface area contributed by atoms with Crippen molar-refractivity contribution >= 4 is 11.6 Å². The maximum absolute atomic E-state index is 13.1. The van der Waals surface area contributed by atoms with Crippen LogP contribution in [-0.4, -0.2) is 5.91 Å². The fourth-order valence-corrected chi connectivity index (χ4v) is 1.59. The normalized spacial score (nSPS) is 10.1. The molecule has 0 saturated carbocycles. The Kier molecular flexibility index (Phi) is 4.65. The molecule has 1 aromatic carbocycles. The van der Waals surface area contributed by atoms with E-state index in [1.165, 1.54) is 18.2 Å². The second kappa shape index (κ2) is 6.00. The van der Waals surface area contributed by atoms with E-state index in [0.29, 0.717) is 5.69 Å². The number of anilines is 1. The van der Waals surface area contributed by atoms with Gasteiger partial charge in [-0.3, -0.25) is 4.79 Å². The van der Waals surface area contributed by atoms with Gasteiger partial charge < -0.3 is 5.32 Å². The number of carbonyl (C=O) groups excluding carboxylic acids is 1. The number of halogens is 1. The Labute approximate surface area is 100 Å². The number of nitrogens with one attached hydrogen (secondary N) is 1. The van der Waals surface area contributed by atoms with Gasteiger partial charge in [-0.05, 0) is 31.0 Å². The zero-order valence-corrected chi connectivity index (χ0v) is 9.96. The molecule has 0 bridgehead atoms. The smallest absolute Gasteiger partial charge is 0.227 e. The monoisotopic (exact) mass is 234 g/mol. The molecule has 0 aliphatic heterocycles. The third kappa shape index (κ3) is 3.28.